The van der Waals surface area contributed by atoms with Crippen molar-refractivity contribution in [1.29, 1.82) is 5.26 Å². The van der Waals surface area contributed by atoms with Crippen molar-refractivity contribution in [1.82, 2.24) is 4.90 Å². The molecule has 2 heterocycles. The summed E-state index contributed by atoms with van der Waals surface area (Å²) in [7, 11) is 0. The van der Waals surface area contributed by atoms with E-state index in [1.807, 2.05) is 6.07 Å². The monoisotopic (exact) mass is 335 g/mol. The Morgan fingerprint density at radius 1 is 1.30 bits per heavy atom. The van der Waals surface area contributed by atoms with Crippen LogP contribution >= 0.6 is 11.6 Å². The van der Waals surface area contributed by atoms with E-state index in [0.717, 1.165) is 58.2 Å². The third kappa shape index (κ3) is 3.96. The summed E-state index contributed by atoms with van der Waals surface area (Å²) in [5, 5.41) is 13.3. The first-order chi connectivity index (χ1) is 11.3. The van der Waals surface area contributed by atoms with Gasteiger partial charge in [0, 0.05) is 38.2 Å². The molecule has 5 nitrogen and oxygen atoms in total. The number of ether oxygens (including phenoxy) is 2. The number of halogens is 1. The average molecular weight is 336 g/mol. The Bertz CT molecular complexity index is 563. The maximum atomic E-state index is 9.27. The van der Waals surface area contributed by atoms with Gasteiger partial charge in [0.25, 0.3) is 0 Å². The Labute approximate surface area is 142 Å². The molecule has 0 saturated carbocycles. The Kier molecular flexibility index (Phi) is 5.74. The lowest BCUT2D eigenvalue weighted by molar-refractivity contribution is 0.00461. The van der Waals surface area contributed by atoms with E-state index in [9.17, 15) is 5.26 Å². The molecule has 1 aromatic carbocycles. The van der Waals surface area contributed by atoms with E-state index in [1.54, 1.807) is 12.1 Å². The van der Waals surface area contributed by atoms with Crippen molar-refractivity contribution >= 4 is 17.3 Å². The van der Waals surface area contributed by atoms with Gasteiger partial charge in [-0.2, -0.15) is 5.26 Å². The summed E-state index contributed by atoms with van der Waals surface area (Å²) >= 11 is 6.27. The van der Waals surface area contributed by atoms with Crippen LogP contribution in [0.2, 0.25) is 5.02 Å². The molecule has 0 amide bonds. The topological polar surface area (TPSA) is 57.5 Å². The van der Waals surface area contributed by atoms with Crippen molar-refractivity contribution < 1.29 is 9.47 Å². The summed E-state index contributed by atoms with van der Waals surface area (Å²) in [5.41, 5.74) is 1.31. The van der Waals surface area contributed by atoms with E-state index in [1.165, 1.54) is 0 Å². The summed E-state index contributed by atoms with van der Waals surface area (Å²) in [6.45, 7) is 5.83. The third-order valence-corrected chi connectivity index (χ3v) is 4.96. The second kappa shape index (κ2) is 7.98. The van der Waals surface area contributed by atoms with Crippen LogP contribution < -0.4 is 5.32 Å². The summed E-state index contributed by atoms with van der Waals surface area (Å²) in [5.74, 6) is 0.508. The van der Waals surface area contributed by atoms with Gasteiger partial charge in [-0.25, -0.2) is 0 Å². The molecule has 2 saturated heterocycles. The normalized spacial score (nSPS) is 23.4. The second-order valence-corrected chi connectivity index (χ2v) is 6.40. The maximum Gasteiger partial charge on any atom is 0.101 e. The van der Waals surface area contributed by atoms with Crippen LogP contribution in [0, 0.1) is 17.2 Å². The number of rotatable bonds is 5. The van der Waals surface area contributed by atoms with Gasteiger partial charge in [-0.15, -0.1) is 0 Å². The number of benzene rings is 1. The van der Waals surface area contributed by atoms with Gasteiger partial charge in [-0.1, -0.05) is 17.7 Å². The van der Waals surface area contributed by atoms with Gasteiger partial charge in [-0.3, -0.25) is 4.90 Å². The third-order valence-electron chi connectivity index (χ3n) is 4.65. The average Bonchev–Trinajstić information content (AvgIpc) is 3.11. The molecule has 0 aliphatic carbocycles. The molecule has 2 aliphatic heterocycles. The Balaban J connectivity index is 1.72. The number of nitrogens with zero attached hydrogens (tertiary/aromatic N) is 2. The summed E-state index contributed by atoms with van der Waals surface area (Å²) in [4.78, 5) is 2.47. The molecule has 0 aromatic heterocycles. The fourth-order valence-corrected chi connectivity index (χ4v) is 3.60. The van der Waals surface area contributed by atoms with Crippen LogP contribution in [-0.2, 0) is 9.47 Å². The van der Waals surface area contributed by atoms with Crippen LogP contribution in [0.15, 0.2) is 18.2 Å². The highest BCUT2D eigenvalue weighted by Crippen LogP contribution is 2.27. The van der Waals surface area contributed by atoms with Gasteiger partial charge in [0.1, 0.15) is 6.07 Å². The van der Waals surface area contributed by atoms with Crippen molar-refractivity contribution in [2.24, 2.45) is 5.92 Å². The zero-order valence-corrected chi connectivity index (χ0v) is 13.9. The SMILES string of the molecule is N#Cc1cccc(Cl)c1NCC(C1CCOC1)N1CCOCC1. The summed E-state index contributed by atoms with van der Waals surface area (Å²) in [6, 6.07) is 7.97. The molecule has 124 valence electrons. The van der Waals surface area contributed by atoms with E-state index in [0.29, 0.717) is 22.5 Å². The number of nitriles is 1. The lowest BCUT2D eigenvalue weighted by atomic mass is 9.96. The van der Waals surface area contributed by atoms with Gasteiger partial charge in [0.15, 0.2) is 0 Å². The lowest BCUT2D eigenvalue weighted by Crippen LogP contribution is -2.50. The first kappa shape index (κ1) is 16.5. The quantitative estimate of drug-likeness (QED) is 0.895. The number of hydrogen-bond acceptors (Lipinski definition) is 5. The first-order valence-electron chi connectivity index (χ1n) is 8.11. The van der Waals surface area contributed by atoms with Gasteiger partial charge in [0.2, 0.25) is 0 Å². The van der Waals surface area contributed by atoms with Crippen LogP contribution in [0.1, 0.15) is 12.0 Å². The Morgan fingerprint density at radius 3 is 2.83 bits per heavy atom. The fourth-order valence-electron chi connectivity index (χ4n) is 3.36. The minimum atomic E-state index is 0.365. The van der Waals surface area contributed by atoms with Crippen molar-refractivity contribution in [2.75, 3.05) is 51.4 Å². The molecule has 6 heteroatoms. The molecule has 0 spiro atoms. The molecule has 2 unspecified atom stereocenters. The number of para-hydroxylation sites is 1. The molecular formula is C17H22ClN3O2. The highest BCUT2D eigenvalue weighted by Gasteiger charge is 2.31. The molecule has 1 aromatic rings. The fraction of sp³-hybridized carbons (Fsp3) is 0.588. The minimum Gasteiger partial charge on any atom is -0.381 e. The maximum absolute atomic E-state index is 9.27. The standard InChI is InChI=1S/C17H22ClN3O2/c18-15-3-1-2-13(10-19)17(15)20-11-16(14-4-7-23-12-14)21-5-8-22-9-6-21/h1-3,14,16,20H,4-9,11-12H2. The highest BCUT2D eigenvalue weighted by atomic mass is 35.5. The first-order valence-corrected chi connectivity index (χ1v) is 8.49. The van der Waals surface area contributed by atoms with Crippen LogP contribution in [-0.4, -0.2) is 57.0 Å². The zero-order valence-electron chi connectivity index (χ0n) is 13.1. The van der Waals surface area contributed by atoms with Gasteiger partial charge >= 0.3 is 0 Å². The van der Waals surface area contributed by atoms with Crippen LogP contribution in [0.25, 0.3) is 0 Å². The molecule has 2 fully saturated rings. The second-order valence-electron chi connectivity index (χ2n) is 5.99. The van der Waals surface area contributed by atoms with Gasteiger partial charge < -0.3 is 14.8 Å². The zero-order chi connectivity index (χ0) is 16.1. The van der Waals surface area contributed by atoms with E-state index >= 15 is 0 Å². The molecule has 1 N–H and O–H groups in total. The van der Waals surface area contributed by atoms with Crippen molar-refractivity contribution in [3.05, 3.63) is 28.8 Å². The smallest absolute Gasteiger partial charge is 0.101 e. The van der Waals surface area contributed by atoms with Crippen molar-refractivity contribution in [3.63, 3.8) is 0 Å². The summed E-state index contributed by atoms with van der Waals surface area (Å²) < 4.78 is 11.1. The van der Waals surface area contributed by atoms with Gasteiger partial charge in [-0.05, 0) is 18.6 Å². The molecule has 2 aliphatic rings. The predicted molar refractivity (Wildman–Crippen MR) is 89.8 cm³/mol. The van der Waals surface area contributed by atoms with E-state index in [4.69, 9.17) is 21.1 Å². The van der Waals surface area contributed by atoms with E-state index in [-0.39, 0.29) is 0 Å². The molecule has 23 heavy (non-hydrogen) atoms. The molecule has 3 rings (SSSR count). The van der Waals surface area contributed by atoms with Crippen LogP contribution in [0.4, 0.5) is 5.69 Å². The van der Waals surface area contributed by atoms with Gasteiger partial charge in [0.05, 0.1) is 36.1 Å². The van der Waals surface area contributed by atoms with Crippen molar-refractivity contribution in [3.8, 4) is 6.07 Å². The molecular weight excluding hydrogens is 314 g/mol. The van der Waals surface area contributed by atoms with E-state index < -0.39 is 0 Å². The number of hydrogen-bond donors (Lipinski definition) is 1. The minimum absolute atomic E-state index is 0.365. The highest BCUT2D eigenvalue weighted by molar-refractivity contribution is 6.33. The number of anilines is 1. The van der Waals surface area contributed by atoms with Crippen molar-refractivity contribution in [2.45, 2.75) is 12.5 Å². The number of morpholine rings is 1. The Hall–Kier alpha value is -1.32. The van der Waals surface area contributed by atoms with Crippen LogP contribution in [0.5, 0.6) is 0 Å². The predicted octanol–water partition coefficient (Wildman–Crippen LogP) is 2.36. The summed E-state index contributed by atoms with van der Waals surface area (Å²) in [6.07, 6.45) is 1.08. The van der Waals surface area contributed by atoms with E-state index in [2.05, 4.69) is 16.3 Å². The molecule has 0 radical (unpaired) electrons. The largest absolute Gasteiger partial charge is 0.381 e. The Morgan fingerprint density at radius 2 is 2.13 bits per heavy atom. The lowest BCUT2D eigenvalue weighted by Gasteiger charge is -2.37. The van der Waals surface area contributed by atoms with Crippen LogP contribution in [0.3, 0.4) is 0 Å². The number of nitrogens with one attached hydrogen (secondary N) is 1. The molecule has 0 bridgehead atoms. The molecule has 2 atom stereocenters.